The van der Waals surface area contributed by atoms with Gasteiger partial charge >= 0.3 is 0 Å². The van der Waals surface area contributed by atoms with Gasteiger partial charge in [-0.3, -0.25) is 14.5 Å². The third-order valence-electron chi connectivity index (χ3n) is 5.10. The van der Waals surface area contributed by atoms with Gasteiger partial charge in [-0.05, 0) is 54.6 Å². The molecular formula is C24H17ClFNO4. The van der Waals surface area contributed by atoms with Gasteiger partial charge < -0.3 is 9.84 Å². The maximum Gasteiger partial charge on any atom is 0.300 e. The highest BCUT2D eigenvalue weighted by Gasteiger charge is 2.47. The Morgan fingerprint density at radius 3 is 2.29 bits per heavy atom. The van der Waals surface area contributed by atoms with Crippen LogP contribution in [-0.2, 0) is 9.59 Å². The number of rotatable bonds is 4. The second-order valence-electron chi connectivity index (χ2n) is 6.89. The van der Waals surface area contributed by atoms with E-state index in [-0.39, 0.29) is 11.3 Å². The molecule has 1 N–H and O–H groups in total. The molecule has 156 valence electrons. The molecule has 1 saturated heterocycles. The minimum absolute atomic E-state index is 0.0962. The van der Waals surface area contributed by atoms with Crippen molar-refractivity contribution in [2.24, 2.45) is 0 Å². The summed E-state index contributed by atoms with van der Waals surface area (Å²) < 4.78 is 18.9. The summed E-state index contributed by atoms with van der Waals surface area (Å²) in [6.07, 6.45) is 0. The lowest BCUT2D eigenvalue weighted by Gasteiger charge is -2.26. The number of Topliss-reactive ketones (excluding diaryl/α,β-unsaturated/α-hetero) is 1. The smallest absolute Gasteiger partial charge is 0.300 e. The van der Waals surface area contributed by atoms with Gasteiger partial charge in [-0.25, -0.2) is 4.39 Å². The molecule has 4 rings (SSSR count). The van der Waals surface area contributed by atoms with Gasteiger partial charge in [-0.1, -0.05) is 29.8 Å². The van der Waals surface area contributed by atoms with Gasteiger partial charge in [0.1, 0.15) is 17.3 Å². The number of halogens is 2. The van der Waals surface area contributed by atoms with Crippen molar-refractivity contribution in [2.75, 3.05) is 12.0 Å². The second kappa shape index (κ2) is 8.24. The van der Waals surface area contributed by atoms with Crippen molar-refractivity contribution in [1.82, 2.24) is 0 Å². The highest BCUT2D eigenvalue weighted by atomic mass is 35.5. The van der Waals surface area contributed by atoms with Crippen LogP contribution in [0.1, 0.15) is 17.2 Å². The molecule has 1 heterocycles. The summed E-state index contributed by atoms with van der Waals surface area (Å²) in [5.41, 5.74) is 1.06. The first-order valence-electron chi connectivity index (χ1n) is 9.38. The van der Waals surface area contributed by atoms with Crippen LogP contribution in [0.5, 0.6) is 5.75 Å². The highest BCUT2D eigenvalue weighted by Crippen LogP contribution is 2.44. The van der Waals surface area contributed by atoms with E-state index in [4.69, 9.17) is 16.3 Å². The van der Waals surface area contributed by atoms with Crippen LogP contribution < -0.4 is 9.64 Å². The van der Waals surface area contributed by atoms with E-state index in [2.05, 4.69) is 0 Å². The number of amides is 1. The van der Waals surface area contributed by atoms with Crippen LogP contribution in [0.15, 0.2) is 78.4 Å². The number of benzene rings is 3. The molecule has 0 saturated carbocycles. The van der Waals surface area contributed by atoms with E-state index >= 15 is 0 Å². The Balaban J connectivity index is 1.97. The fourth-order valence-electron chi connectivity index (χ4n) is 3.65. The summed E-state index contributed by atoms with van der Waals surface area (Å²) in [6.45, 7) is 0. The van der Waals surface area contributed by atoms with Crippen LogP contribution in [0.2, 0.25) is 5.02 Å². The zero-order valence-corrected chi connectivity index (χ0v) is 17.1. The fourth-order valence-corrected chi connectivity index (χ4v) is 3.78. The largest absolute Gasteiger partial charge is 0.507 e. The zero-order chi connectivity index (χ0) is 22.1. The first-order valence-corrected chi connectivity index (χ1v) is 9.75. The zero-order valence-electron chi connectivity index (χ0n) is 16.4. The summed E-state index contributed by atoms with van der Waals surface area (Å²) in [6, 6.07) is 17.4. The molecule has 31 heavy (non-hydrogen) atoms. The molecule has 1 amide bonds. The SMILES string of the molecule is COc1ccccc1[C@H]1C(=C(O)c2ccc(Cl)cc2)C(=O)C(=O)N1c1ccc(F)cc1. The van der Waals surface area contributed by atoms with Gasteiger partial charge in [0, 0.05) is 21.8 Å². The predicted octanol–water partition coefficient (Wildman–Crippen LogP) is 5.11. The first-order chi connectivity index (χ1) is 14.9. The van der Waals surface area contributed by atoms with Crippen molar-refractivity contribution < 1.29 is 23.8 Å². The Labute approximate surface area is 182 Å². The number of aliphatic hydroxyl groups is 1. The lowest BCUT2D eigenvalue weighted by atomic mass is 9.94. The van der Waals surface area contributed by atoms with Crippen molar-refractivity contribution in [3.8, 4) is 5.75 Å². The highest BCUT2D eigenvalue weighted by molar-refractivity contribution is 6.51. The van der Waals surface area contributed by atoms with Crippen molar-refractivity contribution in [3.63, 3.8) is 0 Å². The third-order valence-corrected chi connectivity index (χ3v) is 5.35. The Morgan fingerprint density at radius 1 is 1.00 bits per heavy atom. The summed E-state index contributed by atoms with van der Waals surface area (Å²) in [5.74, 6) is -2.07. The Morgan fingerprint density at radius 2 is 1.65 bits per heavy atom. The number of hydrogen-bond acceptors (Lipinski definition) is 4. The standard InChI is InChI=1S/C24H17ClFNO4/c1-31-19-5-3-2-4-18(19)21-20(22(28)14-6-8-15(25)9-7-14)23(29)24(30)27(21)17-12-10-16(26)11-13-17/h2-13,21,28H,1H3/t21-/m0/s1. The number of carbonyl (C=O) groups is 2. The summed E-state index contributed by atoms with van der Waals surface area (Å²) in [4.78, 5) is 27.4. The molecule has 0 bridgehead atoms. The molecule has 0 spiro atoms. The summed E-state index contributed by atoms with van der Waals surface area (Å²) in [5, 5.41) is 11.5. The van der Waals surface area contributed by atoms with Crippen LogP contribution in [0.4, 0.5) is 10.1 Å². The number of aliphatic hydroxyl groups excluding tert-OH is 1. The maximum absolute atomic E-state index is 13.5. The second-order valence-corrected chi connectivity index (χ2v) is 7.33. The van der Waals surface area contributed by atoms with E-state index in [1.54, 1.807) is 48.5 Å². The lowest BCUT2D eigenvalue weighted by molar-refractivity contribution is -0.132. The molecule has 1 aliphatic rings. The van der Waals surface area contributed by atoms with Gasteiger partial charge in [0.05, 0.1) is 18.7 Å². The van der Waals surface area contributed by atoms with Gasteiger partial charge in [0.25, 0.3) is 11.7 Å². The van der Waals surface area contributed by atoms with E-state index in [9.17, 15) is 19.1 Å². The Hall–Kier alpha value is -3.64. The minimum atomic E-state index is -0.975. The fraction of sp³-hybridized carbons (Fsp3) is 0.0833. The molecule has 5 nitrogen and oxygen atoms in total. The van der Waals surface area contributed by atoms with E-state index in [0.29, 0.717) is 27.6 Å². The Kier molecular flexibility index (Phi) is 5.48. The number of nitrogens with zero attached hydrogens (tertiary/aromatic N) is 1. The van der Waals surface area contributed by atoms with E-state index < -0.39 is 23.5 Å². The van der Waals surface area contributed by atoms with Gasteiger partial charge in [-0.15, -0.1) is 0 Å². The topological polar surface area (TPSA) is 66.8 Å². The average Bonchev–Trinajstić information content (AvgIpc) is 3.05. The van der Waals surface area contributed by atoms with Crippen molar-refractivity contribution in [2.45, 2.75) is 6.04 Å². The Bertz CT molecular complexity index is 1190. The molecule has 1 fully saturated rings. The third kappa shape index (κ3) is 3.66. The number of ketones is 1. The molecule has 0 aromatic heterocycles. The quantitative estimate of drug-likeness (QED) is 0.350. The number of carbonyl (C=O) groups excluding carboxylic acids is 2. The van der Waals surface area contributed by atoms with Crippen LogP contribution in [-0.4, -0.2) is 23.9 Å². The summed E-state index contributed by atoms with van der Waals surface area (Å²) in [7, 11) is 1.47. The molecule has 3 aromatic carbocycles. The number of hydrogen-bond donors (Lipinski definition) is 1. The monoisotopic (exact) mass is 437 g/mol. The number of para-hydroxylation sites is 1. The molecule has 1 aliphatic heterocycles. The molecule has 0 radical (unpaired) electrons. The van der Waals surface area contributed by atoms with Crippen molar-refractivity contribution >= 4 is 34.7 Å². The number of ether oxygens (including phenoxy) is 1. The molecule has 1 atom stereocenters. The van der Waals surface area contributed by atoms with E-state index in [0.717, 1.165) is 0 Å². The van der Waals surface area contributed by atoms with Crippen LogP contribution >= 0.6 is 11.6 Å². The lowest BCUT2D eigenvalue weighted by Crippen LogP contribution is -2.29. The maximum atomic E-state index is 13.5. The molecule has 0 aliphatic carbocycles. The predicted molar refractivity (Wildman–Crippen MR) is 116 cm³/mol. The number of anilines is 1. The average molecular weight is 438 g/mol. The van der Waals surface area contributed by atoms with Gasteiger partial charge in [0.2, 0.25) is 0 Å². The van der Waals surface area contributed by atoms with E-state index in [1.807, 2.05) is 0 Å². The van der Waals surface area contributed by atoms with Gasteiger partial charge in [0.15, 0.2) is 0 Å². The summed E-state index contributed by atoms with van der Waals surface area (Å²) >= 11 is 5.93. The minimum Gasteiger partial charge on any atom is -0.507 e. The van der Waals surface area contributed by atoms with Crippen LogP contribution in [0.3, 0.4) is 0 Å². The number of methoxy groups -OCH3 is 1. The normalized spacial score (nSPS) is 17.8. The van der Waals surface area contributed by atoms with E-state index in [1.165, 1.54) is 36.3 Å². The van der Waals surface area contributed by atoms with Crippen molar-refractivity contribution in [3.05, 3.63) is 100 Å². The molecule has 7 heteroatoms. The van der Waals surface area contributed by atoms with Gasteiger partial charge in [-0.2, -0.15) is 0 Å². The van der Waals surface area contributed by atoms with Crippen LogP contribution in [0, 0.1) is 5.82 Å². The van der Waals surface area contributed by atoms with Crippen molar-refractivity contribution in [1.29, 1.82) is 0 Å². The molecular weight excluding hydrogens is 421 g/mol. The molecule has 3 aromatic rings. The first kappa shape index (κ1) is 20.6. The van der Waals surface area contributed by atoms with Crippen LogP contribution in [0.25, 0.3) is 5.76 Å². The molecule has 0 unspecified atom stereocenters.